The summed E-state index contributed by atoms with van der Waals surface area (Å²) in [7, 11) is 1.77. The Balaban J connectivity index is 3.30. The highest BCUT2D eigenvalue weighted by Crippen LogP contribution is 2.30. The number of hydrogen-bond donors (Lipinski definition) is 1. The fourth-order valence-electron chi connectivity index (χ4n) is 2.70. The summed E-state index contributed by atoms with van der Waals surface area (Å²) in [4.78, 5) is 4.43. The molecule has 0 aliphatic heterocycles. The summed E-state index contributed by atoms with van der Waals surface area (Å²) in [5.41, 5.74) is 8.23. The van der Waals surface area contributed by atoms with Crippen molar-refractivity contribution in [2.45, 2.75) is 61.8 Å². The van der Waals surface area contributed by atoms with Crippen LogP contribution in [0, 0.1) is 10.8 Å². The number of aliphatic imine (C=N–C) groups is 1. The molecule has 0 fully saturated rings. The molecule has 0 aromatic heterocycles. The van der Waals surface area contributed by atoms with Crippen molar-refractivity contribution in [3.05, 3.63) is 69.9 Å². The molecule has 1 aliphatic rings. The summed E-state index contributed by atoms with van der Waals surface area (Å²) in [6, 6.07) is 0. The van der Waals surface area contributed by atoms with Gasteiger partial charge in [-0.05, 0) is 57.6 Å². The van der Waals surface area contributed by atoms with Crippen molar-refractivity contribution in [2.75, 3.05) is 7.05 Å². The van der Waals surface area contributed by atoms with Crippen molar-refractivity contribution in [2.24, 2.45) is 10.4 Å². The molecule has 0 heterocycles. The Labute approximate surface area is 166 Å². The van der Waals surface area contributed by atoms with E-state index < -0.39 is 0 Å². The van der Waals surface area contributed by atoms with Crippen LogP contribution in [0.5, 0.6) is 0 Å². The minimum absolute atomic E-state index is 0.200. The van der Waals surface area contributed by atoms with E-state index in [1.54, 1.807) is 7.05 Å². The zero-order valence-corrected chi connectivity index (χ0v) is 18.6. The van der Waals surface area contributed by atoms with Crippen molar-refractivity contribution in [3.8, 4) is 0 Å². The molecule has 0 aromatic rings. The molecule has 1 N–H and O–H groups in total. The minimum atomic E-state index is 0.200. The molecule has 27 heavy (non-hydrogen) atoms. The third kappa shape index (κ3) is 5.89. The second-order valence-electron chi connectivity index (χ2n) is 8.14. The summed E-state index contributed by atoms with van der Waals surface area (Å²) in [6.07, 6.45) is 13.8. The van der Waals surface area contributed by atoms with Gasteiger partial charge < -0.3 is 0 Å². The van der Waals surface area contributed by atoms with Crippen LogP contribution in [0.15, 0.2) is 74.9 Å². The van der Waals surface area contributed by atoms with Gasteiger partial charge in [0.2, 0.25) is 0 Å². The highest BCUT2D eigenvalue weighted by atomic mass is 14.7. The average molecular weight is 365 g/mol. The molecule has 0 amide bonds. The van der Waals surface area contributed by atoms with Crippen LogP contribution in [0.1, 0.15) is 61.8 Å². The van der Waals surface area contributed by atoms with Gasteiger partial charge in [-0.15, -0.1) is 0 Å². The lowest BCUT2D eigenvalue weighted by atomic mass is 9.82. The molecular weight excluding hydrogens is 328 g/mol. The van der Waals surface area contributed by atoms with Crippen LogP contribution in [0.4, 0.5) is 0 Å². The van der Waals surface area contributed by atoms with Crippen molar-refractivity contribution in [1.29, 1.82) is 5.41 Å². The van der Waals surface area contributed by atoms with Crippen LogP contribution < -0.4 is 0 Å². The molecule has 1 aliphatic carbocycles. The maximum absolute atomic E-state index is 8.64. The highest BCUT2D eigenvalue weighted by Gasteiger charge is 2.22. The Hall–Kier alpha value is -2.22. The van der Waals surface area contributed by atoms with E-state index >= 15 is 0 Å². The topological polar surface area (TPSA) is 36.2 Å². The Morgan fingerprint density at radius 1 is 0.926 bits per heavy atom. The summed E-state index contributed by atoms with van der Waals surface area (Å²) >= 11 is 0. The van der Waals surface area contributed by atoms with Crippen LogP contribution in [-0.2, 0) is 0 Å². The number of nitrogens with one attached hydrogen (secondary N) is 1. The lowest BCUT2D eigenvalue weighted by molar-refractivity contribution is 0.429. The van der Waals surface area contributed by atoms with Crippen LogP contribution in [0.25, 0.3) is 0 Å². The van der Waals surface area contributed by atoms with Gasteiger partial charge in [-0.25, -0.2) is 0 Å². The Morgan fingerprint density at radius 3 is 1.96 bits per heavy atom. The third-order valence-corrected chi connectivity index (χ3v) is 5.45. The predicted molar refractivity (Wildman–Crippen MR) is 122 cm³/mol. The number of hydrogen-bond acceptors (Lipinski definition) is 2. The van der Waals surface area contributed by atoms with Crippen LogP contribution >= 0.6 is 0 Å². The van der Waals surface area contributed by atoms with E-state index in [-0.39, 0.29) is 5.41 Å². The first-order valence-corrected chi connectivity index (χ1v) is 9.71. The van der Waals surface area contributed by atoms with Crippen LogP contribution in [0.3, 0.4) is 0 Å². The van der Waals surface area contributed by atoms with Crippen molar-refractivity contribution >= 4 is 11.4 Å². The smallest absolute Gasteiger partial charge is 0.0901 e. The standard InChI is InChI=1S/C25H36N2/c1-10-25(7,8)20(6)14-13-19(5)22-16-15-21(23(26)24(22)27-9)18(4)12-11-17(2)3/h11-16,26H,10H2,1-9H3/b18-12+,19-13+,20-14+,26-23?,27-24?. The molecule has 0 aromatic carbocycles. The molecule has 0 saturated heterocycles. The molecule has 0 saturated carbocycles. The van der Waals surface area contributed by atoms with Crippen molar-refractivity contribution in [1.82, 2.24) is 0 Å². The Kier molecular flexibility index (Phi) is 8.15. The molecule has 1 rings (SSSR count). The molecule has 146 valence electrons. The Bertz CT molecular complexity index is 799. The Morgan fingerprint density at radius 2 is 1.44 bits per heavy atom. The number of nitrogens with zero attached hydrogens (tertiary/aromatic N) is 1. The molecule has 0 atom stereocenters. The normalized spacial score (nSPS) is 18.5. The first kappa shape index (κ1) is 22.8. The van der Waals surface area contributed by atoms with Crippen molar-refractivity contribution in [3.63, 3.8) is 0 Å². The molecule has 0 radical (unpaired) electrons. The van der Waals surface area contributed by atoms with Gasteiger partial charge in [0.25, 0.3) is 0 Å². The number of rotatable bonds is 6. The van der Waals surface area contributed by atoms with E-state index in [1.165, 1.54) is 11.1 Å². The molecular formula is C25H36N2. The molecule has 0 spiro atoms. The summed E-state index contributed by atoms with van der Waals surface area (Å²) in [5.74, 6) is 0. The lowest BCUT2D eigenvalue weighted by Gasteiger charge is -2.24. The second kappa shape index (κ2) is 9.64. The fourth-order valence-corrected chi connectivity index (χ4v) is 2.70. The monoisotopic (exact) mass is 364 g/mol. The first-order chi connectivity index (χ1) is 12.5. The van der Waals surface area contributed by atoms with E-state index in [1.807, 2.05) is 13.0 Å². The average Bonchev–Trinajstić information content (AvgIpc) is 2.63. The number of allylic oxidation sites excluding steroid dienone is 12. The minimum Gasteiger partial charge on any atom is -0.298 e. The van der Waals surface area contributed by atoms with Gasteiger partial charge in [-0.3, -0.25) is 10.4 Å². The van der Waals surface area contributed by atoms with E-state index in [4.69, 9.17) is 5.41 Å². The van der Waals surface area contributed by atoms with E-state index in [2.05, 4.69) is 83.8 Å². The SMILES string of the molecule is CCC(C)(C)/C(C)=C/C=C(\C)C1=CC=C(/C(C)=C/C=C(C)C)C(=N)C1=NC. The molecule has 2 heteroatoms. The molecule has 0 unspecified atom stereocenters. The second-order valence-corrected chi connectivity index (χ2v) is 8.14. The fraction of sp³-hybridized carbons (Fsp3) is 0.440. The zero-order valence-electron chi connectivity index (χ0n) is 18.6. The van der Waals surface area contributed by atoms with Gasteiger partial charge in [0.05, 0.1) is 11.4 Å². The summed E-state index contributed by atoms with van der Waals surface area (Å²) < 4.78 is 0. The highest BCUT2D eigenvalue weighted by molar-refractivity contribution is 6.55. The van der Waals surface area contributed by atoms with E-state index in [9.17, 15) is 0 Å². The molecule has 2 nitrogen and oxygen atoms in total. The zero-order chi connectivity index (χ0) is 20.8. The quantitative estimate of drug-likeness (QED) is 0.382. The maximum Gasteiger partial charge on any atom is 0.0901 e. The van der Waals surface area contributed by atoms with Gasteiger partial charge in [-0.1, -0.05) is 68.4 Å². The molecule has 0 bridgehead atoms. The maximum atomic E-state index is 8.64. The summed E-state index contributed by atoms with van der Waals surface area (Å²) in [6.45, 7) is 17.2. The summed E-state index contributed by atoms with van der Waals surface area (Å²) in [5, 5.41) is 8.64. The third-order valence-electron chi connectivity index (χ3n) is 5.45. The van der Waals surface area contributed by atoms with Crippen LogP contribution in [0.2, 0.25) is 0 Å². The lowest BCUT2D eigenvalue weighted by Crippen LogP contribution is -2.22. The largest absolute Gasteiger partial charge is 0.298 e. The van der Waals surface area contributed by atoms with Crippen LogP contribution in [-0.4, -0.2) is 18.5 Å². The van der Waals surface area contributed by atoms with E-state index in [0.29, 0.717) is 5.71 Å². The van der Waals surface area contributed by atoms with Gasteiger partial charge in [0, 0.05) is 18.2 Å². The predicted octanol–water partition coefficient (Wildman–Crippen LogP) is 7.18. The van der Waals surface area contributed by atoms with Gasteiger partial charge in [0.1, 0.15) is 0 Å². The first-order valence-electron chi connectivity index (χ1n) is 9.71. The van der Waals surface area contributed by atoms with Gasteiger partial charge >= 0.3 is 0 Å². The van der Waals surface area contributed by atoms with Gasteiger partial charge in [-0.2, -0.15) is 0 Å². The van der Waals surface area contributed by atoms with E-state index in [0.717, 1.165) is 34.4 Å². The van der Waals surface area contributed by atoms with Crippen molar-refractivity contribution < 1.29 is 0 Å². The van der Waals surface area contributed by atoms with Gasteiger partial charge in [0.15, 0.2) is 0 Å².